The molecule has 3 aromatic rings. The Hall–Kier alpha value is -2.80. The van der Waals surface area contributed by atoms with Gasteiger partial charge in [-0.25, -0.2) is 0 Å². The summed E-state index contributed by atoms with van der Waals surface area (Å²) >= 11 is 1.38. The summed E-state index contributed by atoms with van der Waals surface area (Å²) in [4.78, 5) is 12.3. The van der Waals surface area contributed by atoms with E-state index in [-0.39, 0.29) is 12.4 Å². The maximum Gasteiger partial charge on any atom is 0.191 e. The van der Waals surface area contributed by atoms with Gasteiger partial charge < -0.3 is 14.0 Å². The Bertz CT molecular complexity index is 896. The summed E-state index contributed by atoms with van der Waals surface area (Å²) in [6.07, 6.45) is 0. The van der Waals surface area contributed by atoms with Crippen LogP contribution >= 0.6 is 11.8 Å². The van der Waals surface area contributed by atoms with Crippen LogP contribution in [0.25, 0.3) is 0 Å². The van der Waals surface area contributed by atoms with Gasteiger partial charge in [0.1, 0.15) is 6.61 Å². The van der Waals surface area contributed by atoms with E-state index in [1.807, 2.05) is 66.1 Å². The number of ether oxygens (including phenoxy) is 2. The van der Waals surface area contributed by atoms with Gasteiger partial charge in [-0.2, -0.15) is 0 Å². The number of ketones is 1. The van der Waals surface area contributed by atoms with Crippen molar-refractivity contribution in [1.29, 1.82) is 0 Å². The molecule has 1 aromatic heterocycles. The fraction of sp³-hybridized carbons (Fsp3) is 0.250. The standard InChI is InChI=1S/C20H21N3O3S/c1-3-23-19(13-26-18-12-8-7-11-17(18)25-2)21-22-20(23)27-14-16(24)15-9-5-4-6-10-15/h4-12H,3,13-14H2,1-2H3. The summed E-state index contributed by atoms with van der Waals surface area (Å²) in [5.41, 5.74) is 0.701. The molecule has 3 rings (SSSR count). The number of rotatable bonds is 9. The number of aromatic nitrogens is 3. The molecule has 0 saturated heterocycles. The van der Waals surface area contributed by atoms with Gasteiger partial charge >= 0.3 is 0 Å². The van der Waals surface area contributed by atoms with Gasteiger partial charge in [0.2, 0.25) is 0 Å². The third-order valence-electron chi connectivity index (χ3n) is 3.96. The zero-order valence-electron chi connectivity index (χ0n) is 15.3. The molecule has 7 heteroatoms. The predicted molar refractivity (Wildman–Crippen MR) is 105 cm³/mol. The largest absolute Gasteiger partial charge is 0.493 e. The van der Waals surface area contributed by atoms with Gasteiger partial charge in [0, 0.05) is 12.1 Å². The molecule has 2 aromatic carbocycles. The number of nitrogens with zero attached hydrogens (tertiary/aromatic N) is 3. The van der Waals surface area contributed by atoms with Crippen molar-refractivity contribution in [1.82, 2.24) is 14.8 Å². The van der Waals surface area contributed by atoms with E-state index in [1.54, 1.807) is 7.11 Å². The van der Waals surface area contributed by atoms with Crippen molar-refractivity contribution in [2.24, 2.45) is 0 Å². The molecule has 0 bridgehead atoms. The van der Waals surface area contributed by atoms with Crippen LogP contribution in [0, 0.1) is 0 Å². The lowest BCUT2D eigenvalue weighted by molar-refractivity contribution is 0.102. The lowest BCUT2D eigenvalue weighted by atomic mass is 10.2. The summed E-state index contributed by atoms with van der Waals surface area (Å²) in [6, 6.07) is 16.7. The predicted octanol–water partition coefficient (Wildman–Crippen LogP) is 3.86. The van der Waals surface area contributed by atoms with E-state index in [2.05, 4.69) is 10.2 Å². The van der Waals surface area contributed by atoms with Gasteiger partial charge in [0.25, 0.3) is 0 Å². The second-order valence-corrected chi connectivity index (χ2v) is 6.60. The van der Waals surface area contributed by atoms with Gasteiger partial charge in [-0.1, -0.05) is 54.2 Å². The molecule has 27 heavy (non-hydrogen) atoms. The molecule has 0 amide bonds. The van der Waals surface area contributed by atoms with Crippen molar-refractivity contribution in [3.63, 3.8) is 0 Å². The third-order valence-corrected chi connectivity index (χ3v) is 4.93. The molecule has 0 spiro atoms. The van der Waals surface area contributed by atoms with Crippen LogP contribution < -0.4 is 9.47 Å². The van der Waals surface area contributed by atoms with Gasteiger partial charge in [0.15, 0.2) is 28.3 Å². The molecule has 0 aliphatic carbocycles. The van der Waals surface area contributed by atoms with E-state index in [0.29, 0.717) is 40.3 Å². The van der Waals surface area contributed by atoms with Crippen LogP contribution in [0.5, 0.6) is 11.5 Å². The van der Waals surface area contributed by atoms with Crippen molar-refractivity contribution in [3.05, 3.63) is 66.0 Å². The van der Waals surface area contributed by atoms with Gasteiger partial charge in [-0.15, -0.1) is 10.2 Å². The summed E-state index contributed by atoms with van der Waals surface area (Å²) in [5.74, 6) is 2.41. The fourth-order valence-electron chi connectivity index (χ4n) is 2.57. The zero-order chi connectivity index (χ0) is 19.1. The molecule has 0 atom stereocenters. The minimum absolute atomic E-state index is 0.0677. The summed E-state index contributed by atoms with van der Waals surface area (Å²) < 4.78 is 13.1. The molecular weight excluding hydrogens is 362 g/mol. The first-order valence-corrected chi connectivity index (χ1v) is 9.60. The maximum atomic E-state index is 12.3. The van der Waals surface area contributed by atoms with E-state index >= 15 is 0 Å². The maximum absolute atomic E-state index is 12.3. The SMILES string of the molecule is CCn1c(COc2ccccc2OC)nnc1SCC(=O)c1ccccc1. The Morgan fingerprint density at radius 2 is 1.74 bits per heavy atom. The number of carbonyl (C=O) groups excluding carboxylic acids is 1. The monoisotopic (exact) mass is 383 g/mol. The normalized spacial score (nSPS) is 10.6. The Morgan fingerprint density at radius 3 is 2.44 bits per heavy atom. The first-order chi connectivity index (χ1) is 13.2. The number of hydrogen-bond donors (Lipinski definition) is 0. The number of Topliss-reactive ketones (excluding diaryl/α,β-unsaturated/α-hetero) is 1. The molecule has 0 unspecified atom stereocenters. The van der Waals surface area contributed by atoms with Crippen LogP contribution in [0.4, 0.5) is 0 Å². The highest BCUT2D eigenvalue weighted by atomic mass is 32.2. The first-order valence-electron chi connectivity index (χ1n) is 8.61. The summed E-state index contributed by atoms with van der Waals surface area (Å²) in [7, 11) is 1.61. The second kappa shape index (κ2) is 9.23. The van der Waals surface area contributed by atoms with Gasteiger partial charge in [0.05, 0.1) is 12.9 Å². The van der Waals surface area contributed by atoms with Crippen LogP contribution in [0.2, 0.25) is 0 Å². The summed E-state index contributed by atoms with van der Waals surface area (Å²) in [5, 5.41) is 9.15. The van der Waals surface area contributed by atoms with E-state index in [9.17, 15) is 4.79 Å². The molecule has 0 radical (unpaired) electrons. The Labute approximate surface area is 162 Å². The Balaban J connectivity index is 1.65. The Morgan fingerprint density at radius 1 is 1.04 bits per heavy atom. The molecule has 0 N–H and O–H groups in total. The molecule has 0 fully saturated rings. The minimum atomic E-state index is 0.0677. The summed E-state index contributed by atoms with van der Waals surface area (Å²) in [6.45, 7) is 2.98. The van der Waals surface area contributed by atoms with Crippen LogP contribution in [-0.4, -0.2) is 33.4 Å². The molecular formula is C20H21N3O3S. The van der Waals surface area contributed by atoms with Crippen molar-refractivity contribution >= 4 is 17.5 Å². The number of hydrogen-bond acceptors (Lipinski definition) is 6. The van der Waals surface area contributed by atoms with Crippen LogP contribution in [-0.2, 0) is 13.2 Å². The van der Waals surface area contributed by atoms with Crippen molar-refractivity contribution in [3.8, 4) is 11.5 Å². The second-order valence-electron chi connectivity index (χ2n) is 5.66. The van der Waals surface area contributed by atoms with Crippen molar-refractivity contribution in [2.45, 2.75) is 25.2 Å². The number of methoxy groups -OCH3 is 1. The van der Waals surface area contributed by atoms with E-state index in [1.165, 1.54) is 11.8 Å². The van der Waals surface area contributed by atoms with Gasteiger partial charge in [-0.3, -0.25) is 4.79 Å². The van der Waals surface area contributed by atoms with Crippen LogP contribution in [0.3, 0.4) is 0 Å². The third kappa shape index (κ3) is 4.68. The average molecular weight is 383 g/mol. The number of carbonyl (C=O) groups is 1. The molecule has 140 valence electrons. The van der Waals surface area contributed by atoms with Crippen molar-refractivity contribution < 1.29 is 14.3 Å². The number of benzene rings is 2. The highest BCUT2D eigenvalue weighted by molar-refractivity contribution is 7.99. The van der Waals surface area contributed by atoms with E-state index in [0.717, 1.165) is 0 Å². The van der Waals surface area contributed by atoms with E-state index < -0.39 is 0 Å². The molecule has 0 aliphatic heterocycles. The van der Waals surface area contributed by atoms with Gasteiger partial charge in [-0.05, 0) is 19.1 Å². The Kier molecular flexibility index (Phi) is 6.49. The first kappa shape index (κ1) is 19.0. The average Bonchev–Trinajstić information content (AvgIpc) is 3.13. The van der Waals surface area contributed by atoms with E-state index in [4.69, 9.17) is 9.47 Å². The number of para-hydroxylation sites is 2. The zero-order valence-corrected chi connectivity index (χ0v) is 16.1. The molecule has 0 aliphatic rings. The topological polar surface area (TPSA) is 66.2 Å². The van der Waals surface area contributed by atoms with Crippen LogP contribution in [0.15, 0.2) is 59.8 Å². The molecule has 0 saturated carbocycles. The number of thioether (sulfide) groups is 1. The lowest BCUT2D eigenvalue weighted by Gasteiger charge is -2.11. The van der Waals surface area contributed by atoms with Crippen molar-refractivity contribution in [2.75, 3.05) is 12.9 Å². The smallest absolute Gasteiger partial charge is 0.191 e. The van der Waals surface area contributed by atoms with Crippen LogP contribution in [0.1, 0.15) is 23.1 Å². The molecule has 1 heterocycles. The fourth-order valence-corrected chi connectivity index (χ4v) is 3.48. The quantitative estimate of drug-likeness (QED) is 0.413. The molecule has 6 nitrogen and oxygen atoms in total. The lowest BCUT2D eigenvalue weighted by Crippen LogP contribution is -2.08. The highest BCUT2D eigenvalue weighted by Gasteiger charge is 2.15. The highest BCUT2D eigenvalue weighted by Crippen LogP contribution is 2.27. The minimum Gasteiger partial charge on any atom is -0.493 e.